The predicted octanol–water partition coefficient (Wildman–Crippen LogP) is 2.40. The van der Waals surface area contributed by atoms with E-state index in [0.29, 0.717) is 38.6 Å². The number of carbonyl (C=O) groups excluding carboxylic acids is 3. The second-order valence-electron chi connectivity index (χ2n) is 10.6. The van der Waals surface area contributed by atoms with E-state index >= 15 is 0 Å². The van der Waals surface area contributed by atoms with Crippen LogP contribution in [0.2, 0.25) is 0 Å². The molecule has 8 heteroatoms. The van der Waals surface area contributed by atoms with Crippen molar-refractivity contribution in [3.63, 3.8) is 0 Å². The Morgan fingerprint density at radius 1 is 1.09 bits per heavy atom. The Kier molecular flexibility index (Phi) is 7.57. The molecule has 0 bridgehead atoms. The number of imide groups is 1. The minimum atomic E-state index is -0.824. The summed E-state index contributed by atoms with van der Waals surface area (Å²) in [7, 11) is 0. The number of hydrogen-bond acceptors (Lipinski definition) is 5. The van der Waals surface area contributed by atoms with Gasteiger partial charge in [0, 0.05) is 38.1 Å². The molecule has 34 heavy (non-hydrogen) atoms. The third-order valence-corrected chi connectivity index (χ3v) is 7.74. The summed E-state index contributed by atoms with van der Waals surface area (Å²) in [6.07, 6.45) is 3.05. The largest absolute Gasteiger partial charge is 0.353 e. The molecule has 186 valence electrons. The first kappa shape index (κ1) is 24.7. The molecular weight excluding hydrogens is 430 g/mol. The van der Waals surface area contributed by atoms with Crippen LogP contribution in [0.25, 0.3) is 0 Å². The number of piperidine rings is 2. The summed E-state index contributed by atoms with van der Waals surface area (Å²) in [4.78, 5) is 44.6. The maximum Gasteiger partial charge on any atom is 0.326 e. The van der Waals surface area contributed by atoms with Gasteiger partial charge in [-0.3, -0.25) is 19.4 Å². The van der Waals surface area contributed by atoms with Gasteiger partial charge in [-0.2, -0.15) is 0 Å². The van der Waals surface area contributed by atoms with Gasteiger partial charge < -0.3 is 10.6 Å². The fourth-order valence-corrected chi connectivity index (χ4v) is 5.25. The van der Waals surface area contributed by atoms with E-state index < -0.39 is 5.54 Å². The molecule has 4 rings (SSSR count). The fraction of sp³-hybridized carbons (Fsp3) is 0.654. The molecule has 2 atom stereocenters. The van der Waals surface area contributed by atoms with Gasteiger partial charge in [0.05, 0.1) is 6.67 Å². The summed E-state index contributed by atoms with van der Waals surface area (Å²) >= 11 is 0. The molecule has 3 heterocycles. The lowest BCUT2D eigenvalue weighted by Gasteiger charge is -2.38. The minimum Gasteiger partial charge on any atom is -0.353 e. The summed E-state index contributed by atoms with van der Waals surface area (Å²) in [6, 6.07) is 10.1. The van der Waals surface area contributed by atoms with Crippen LogP contribution in [0, 0.1) is 11.8 Å². The second kappa shape index (κ2) is 10.4. The number of carbonyl (C=O) groups is 3. The third kappa shape index (κ3) is 5.44. The van der Waals surface area contributed by atoms with Gasteiger partial charge in [-0.25, -0.2) is 9.69 Å². The van der Waals surface area contributed by atoms with Gasteiger partial charge in [0.15, 0.2) is 0 Å². The molecule has 3 aliphatic heterocycles. The average molecular weight is 470 g/mol. The zero-order valence-electron chi connectivity index (χ0n) is 20.8. The highest BCUT2D eigenvalue weighted by atomic mass is 16.2. The van der Waals surface area contributed by atoms with E-state index in [4.69, 9.17) is 0 Å². The lowest BCUT2D eigenvalue weighted by molar-refractivity contribution is -0.135. The molecule has 2 unspecified atom stereocenters. The summed E-state index contributed by atoms with van der Waals surface area (Å²) in [6.45, 7) is 10.2. The topological polar surface area (TPSA) is 85.0 Å². The molecule has 0 aliphatic carbocycles. The van der Waals surface area contributed by atoms with Gasteiger partial charge in [-0.05, 0) is 50.6 Å². The van der Waals surface area contributed by atoms with E-state index in [2.05, 4.69) is 46.4 Å². The van der Waals surface area contributed by atoms with Gasteiger partial charge in [0.2, 0.25) is 5.91 Å². The van der Waals surface area contributed by atoms with Crippen molar-refractivity contribution in [2.24, 2.45) is 11.8 Å². The molecular formula is C26H39N5O3. The second-order valence-corrected chi connectivity index (χ2v) is 10.6. The van der Waals surface area contributed by atoms with Crippen molar-refractivity contribution in [3.8, 4) is 0 Å². The molecule has 4 amide bonds. The van der Waals surface area contributed by atoms with Crippen molar-refractivity contribution in [2.45, 2.75) is 64.6 Å². The molecule has 0 aromatic heterocycles. The first-order chi connectivity index (χ1) is 16.3. The quantitative estimate of drug-likeness (QED) is 0.599. The number of urea groups is 1. The van der Waals surface area contributed by atoms with Crippen molar-refractivity contribution < 1.29 is 14.4 Å². The number of benzene rings is 1. The predicted molar refractivity (Wildman–Crippen MR) is 131 cm³/mol. The number of likely N-dealkylation sites (tertiary alicyclic amines) is 2. The zero-order valence-corrected chi connectivity index (χ0v) is 20.8. The zero-order chi connectivity index (χ0) is 24.3. The molecule has 2 N–H and O–H groups in total. The van der Waals surface area contributed by atoms with Gasteiger partial charge in [-0.15, -0.1) is 0 Å². The first-order valence-electron chi connectivity index (χ1n) is 12.7. The molecule has 1 aromatic carbocycles. The normalized spacial score (nSPS) is 25.7. The SMILES string of the molecule is CC(C)C(C)NC(=O)C1CCN(CN2C(=O)NC3(CCCN(Cc4ccccc4)C3)C2=O)CC1. The van der Waals surface area contributed by atoms with E-state index in [1.807, 2.05) is 25.1 Å². The van der Waals surface area contributed by atoms with Crippen molar-refractivity contribution in [3.05, 3.63) is 35.9 Å². The van der Waals surface area contributed by atoms with Gasteiger partial charge in [0.1, 0.15) is 5.54 Å². The highest BCUT2D eigenvalue weighted by Crippen LogP contribution is 2.30. The monoisotopic (exact) mass is 469 g/mol. The Hall–Kier alpha value is -2.45. The standard InChI is InChI=1S/C26H39N5O3/c1-19(2)20(3)27-23(32)22-10-14-29(15-11-22)18-31-24(33)26(28-25(31)34)12-7-13-30(17-26)16-21-8-5-4-6-9-21/h4-6,8-9,19-20,22H,7,10-18H2,1-3H3,(H,27,32)(H,28,34). The van der Waals surface area contributed by atoms with E-state index in [9.17, 15) is 14.4 Å². The van der Waals surface area contributed by atoms with Crippen molar-refractivity contribution >= 4 is 17.8 Å². The van der Waals surface area contributed by atoms with E-state index in [-0.39, 0.29) is 29.8 Å². The average Bonchev–Trinajstić information content (AvgIpc) is 3.03. The van der Waals surface area contributed by atoms with Crippen LogP contribution in [-0.4, -0.2) is 77.0 Å². The molecule has 1 spiro atoms. The fourth-order valence-electron chi connectivity index (χ4n) is 5.25. The minimum absolute atomic E-state index is 0.00297. The highest BCUT2D eigenvalue weighted by Gasteiger charge is 2.53. The molecule has 3 aliphatic rings. The summed E-state index contributed by atoms with van der Waals surface area (Å²) in [5.74, 6) is 0.410. The smallest absolute Gasteiger partial charge is 0.326 e. The Balaban J connectivity index is 1.31. The summed E-state index contributed by atoms with van der Waals surface area (Å²) in [5.41, 5.74) is 0.387. The van der Waals surface area contributed by atoms with Crippen LogP contribution in [0.5, 0.6) is 0 Å². The maximum absolute atomic E-state index is 13.4. The number of amides is 4. The first-order valence-corrected chi connectivity index (χ1v) is 12.7. The molecule has 0 saturated carbocycles. The molecule has 8 nitrogen and oxygen atoms in total. The summed E-state index contributed by atoms with van der Waals surface area (Å²) < 4.78 is 0. The van der Waals surface area contributed by atoms with E-state index in [0.717, 1.165) is 32.4 Å². The van der Waals surface area contributed by atoms with Crippen LogP contribution in [0.15, 0.2) is 30.3 Å². The number of rotatable bonds is 7. The molecule has 0 radical (unpaired) electrons. The van der Waals surface area contributed by atoms with Crippen molar-refractivity contribution in [1.29, 1.82) is 0 Å². The lowest BCUT2D eigenvalue weighted by Crippen LogP contribution is -2.58. The van der Waals surface area contributed by atoms with Gasteiger partial charge >= 0.3 is 6.03 Å². The van der Waals surface area contributed by atoms with Crippen molar-refractivity contribution in [2.75, 3.05) is 32.8 Å². The molecule has 1 aromatic rings. The van der Waals surface area contributed by atoms with E-state index in [1.54, 1.807) is 0 Å². The van der Waals surface area contributed by atoms with Crippen LogP contribution in [0.3, 0.4) is 0 Å². The Morgan fingerprint density at radius 3 is 2.47 bits per heavy atom. The van der Waals surface area contributed by atoms with Gasteiger partial charge in [-0.1, -0.05) is 44.2 Å². The number of hydrogen-bond donors (Lipinski definition) is 2. The van der Waals surface area contributed by atoms with Gasteiger partial charge in [0.25, 0.3) is 5.91 Å². The Labute approximate surface area is 203 Å². The van der Waals surface area contributed by atoms with Crippen LogP contribution in [0.4, 0.5) is 4.79 Å². The summed E-state index contributed by atoms with van der Waals surface area (Å²) in [5, 5.41) is 6.16. The third-order valence-electron chi connectivity index (χ3n) is 7.74. The molecule has 3 fully saturated rings. The number of nitrogens with zero attached hydrogens (tertiary/aromatic N) is 3. The molecule has 3 saturated heterocycles. The van der Waals surface area contributed by atoms with Crippen LogP contribution >= 0.6 is 0 Å². The lowest BCUT2D eigenvalue weighted by atomic mass is 9.88. The number of nitrogens with one attached hydrogen (secondary N) is 2. The van der Waals surface area contributed by atoms with E-state index in [1.165, 1.54) is 10.5 Å². The van der Waals surface area contributed by atoms with Crippen molar-refractivity contribution in [1.82, 2.24) is 25.3 Å². The maximum atomic E-state index is 13.4. The highest BCUT2D eigenvalue weighted by molar-refractivity contribution is 6.07. The Bertz CT molecular complexity index is 884. The van der Waals surface area contributed by atoms with Crippen LogP contribution < -0.4 is 10.6 Å². The van der Waals surface area contributed by atoms with Crippen LogP contribution in [-0.2, 0) is 16.1 Å². The Morgan fingerprint density at radius 2 is 1.79 bits per heavy atom. The van der Waals surface area contributed by atoms with Crippen LogP contribution in [0.1, 0.15) is 52.0 Å².